The van der Waals surface area contributed by atoms with E-state index in [4.69, 9.17) is 10.5 Å². The highest BCUT2D eigenvalue weighted by Crippen LogP contribution is 2.34. The maximum Gasteiger partial charge on any atom is 0.260 e. The van der Waals surface area contributed by atoms with Crippen LogP contribution in [0.1, 0.15) is 37.5 Å². The van der Waals surface area contributed by atoms with E-state index in [0.717, 1.165) is 5.56 Å². The molecule has 0 unspecified atom stereocenters. The number of nitrogens with one attached hydrogen (secondary N) is 2. The van der Waals surface area contributed by atoms with Crippen molar-refractivity contribution in [2.75, 3.05) is 25.5 Å². The third-order valence-electron chi connectivity index (χ3n) is 5.56. The number of aliphatic imine (C=N–C) groups is 1. The fourth-order valence-electron chi connectivity index (χ4n) is 3.62. The molecule has 0 bridgehead atoms. The summed E-state index contributed by atoms with van der Waals surface area (Å²) in [6, 6.07) is 13.9. The first-order valence-corrected chi connectivity index (χ1v) is 10.4. The number of hydrogen-bond donors (Lipinski definition) is 4. The molecule has 3 rings (SSSR count). The van der Waals surface area contributed by atoms with Crippen LogP contribution in [0.25, 0.3) is 0 Å². The molecule has 8 nitrogen and oxygen atoms in total. The van der Waals surface area contributed by atoms with Crippen LogP contribution in [0.3, 0.4) is 0 Å². The van der Waals surface area contributed by atoms with E-state index in [1.54, 1.807) is 43.4 Å². The van der Waals surface area contributed by atoms with E-state index in [-0.39, 0.29) is 12.0 Å². The zero-order valence-corrected chi connectivity index (χ0v) is 18.8. The van der Waals surface area contributed by atoms with Crippen LogP contribution in [-0.4, -0.2) is 49.1 Å². The maximum atomic E-state index is 13.0. The van der Waals surface area contributed by atoms with E-state index >= 15 is 0 Å². The van der Waals surface area contributed by atoms with Crippen molar-refractivity contribution in [3.63, 3.8) is 0 Å². The van der Waals surface area contributed by atoms with Crippen LogP contribution in [0, 0.1) is 0 Å². The largest absolute Gasteiger partial charge is 0.384 e. The van der Waals surface area contributed by atoms with Crippen molar-refractivity contribution in [3.05, 3.63) is 65.2 Å². The lowest BCUT2D eigenvalue weighted by Gasteiger charge is -2.39. The van der Waals surface area contributed by atoms with E-state index < -0.39 is 23.5 Å². The minimum Gasteiger partial charge on any atom is -0.384 e. The first kappa shape index (κ1) is 23.4. The van der Waals surface area contributed by atoms with Crippen molar-refractivity contribution in [3.8, 4) is 0 Å². The van der Waals surface area contributed by atoms with Gasteiger partial charge in [0.15, 0.2) is 6.10 Å². The number of morpholine rings is 1. The van der Waals surface area contributed by atoms with Gasteiger partial charge in [0.05, 0.1) is 6.61 Å². The Bertz CT molecular complexity index is 1010. The van der Waals surface area contributed by atoms with Crippen LogP contribution < -0.4 is 16.4 Å². The normalized spacial score (nSPS) is 20.4. The molecular formula is C24H30N4O4. The molecule has 2 atom stereocenters. The number of nitrogens with zero attached hydrogens (tertiary/aromatic N) is 1. The molecule has 2 amide bonds. The fourth-order valence-corrected chi connectivity index (χ4v) is 3.62. The number of carbonyl (C=O) groups is 2. The highest BCUT2D eigenvalue weighted by Gasteiger charge is 2.53. The van der Waals surface area contributed by atoms with Gasteiger partial charge in [-0.1, -0.05) is 45.0 Å². The van der Waals surface area contributed by atoms with Crippen molar-refractivity contribution in [1.82, 2.24) is 5.32 Å². The van der Waals surface area contributed by atoms with Gasteiger partial charge in [0.1, 0.15) is 5.84 Å². The lowest BCUT2D eigenvalue weighted by atomic mass is 9.81. The SMILES string of the molecule is CN=C(N)c1ccc(NC(=O)[C@H](O)[C@@]2(c3ccc(C(C)(C)C)cc3)OCCNC2=O)cc1. The number of amides is 2. The van der Waals surface area contributed by atoms with Gasteiger partial charge < -0.3 is 26.2 Å². The quantitative estimate of drug-likeness (QED) is 0.417. The summed E-state index contributed by atoms with van der Waals surface area (Å²) in [5.41, 5.74) is 6.46. The summed E-state index contributed by atoms with van der Waals surface area (Å²) in [5, 5.41) is 16.4. The zero-order valence-electron chi connectivity index (χ0n) is 18.8. The Morgan fingerprint density at radius 2 is 1.81 bits per heavy atom. The van der Waals surface area contributed by atoms with E-state index in [2.05, 4.69) is 36.4 Å². The van der Waals surface area contributed by atoms with Gasteiger partial charge in [0, 0.05) is 24.8 Å². The molecule has 5 N–H and O–H groups in total. The van der Waals surface area contributed by atoms with Gasteiger partial charge in [-0.3, -0.25) is 14.6 Å². The topological polar surface area (TPSA) is 126 Å². The Morgan fingerprint density at radius 3 is 2.34 bits per heavy atom. The van der Waals surface area contributed by atoms with E-state index in [0.29, 0.717) is 29.2 Å². The molecule has 1 aliphatic heterocycles. The van der Waals surface area contributed by atoms with E-state index in [9.17, 15) is 14.7 Å². The number of rotatable bonds is 5. The minimum absolute atomic E-state index is 0.0879. The van der Waals surface area contributed by atoms with Crippen LogP contribution in [-0.2, 0) is 25.3 Å². The molecule has 0 saturated carbocycles. The van der Waals surface area contributed by atoms with Gasteiger partial charge in [0.2, 0.25) is 5.60 Å². The van der Waals surface area contributed by atoms with Crippen LogP contribution in [0.5, 0.6) is 0 Å². The number of carbonyl (C=O) groups excluding carboxylic acids is 2. The first-order chi connectivity index (χ1) is 15.1. The van der Waals surface area contributed by atoms with Gasteiger partial charge >= 0.3 is 0 Å². The van der Waals surface area contributed by atoms with E-state index in [1.807, 2.05) is 12.1 Å². The van der Waals surface area contributed by atoms with Gasteiger partial charge in [-0.15, -0.1) is 0 Å². The van der Waals surface area contributed by atoms with Crippen molar-refractivity contribution in [2.45, 2.75) is 37.9 Å². The van der Waals surface area contributed by atoms with Crippen molar-refractivity contribution in [1.29, 1.82) is 0 Å². The van der Waals surface area contributed by atoms with Crippen LogP contribution in [0.4, 0.5) is 5.69 Å². The summed E-state index contributed by atoms with van der Waals surface area (Å²) in [6.07, 6.45) is -1.77. The number of amidine groups is 1. The average molecular weight is 439 g/mol. The van der Waals surface area contributed by atoms with Crippen LogP contribution in [0.15, 0.2) is 53.5 Å². The van der Waals surface area contributed by atoms with Crippen LogP contribution in [0.2, 0.25) is 0 Å². The number of nitrogens with two attached hydrogens (primary N) is 1. The Labute approximate surface area is 187 Å². The number of anilines is 1. The standard InChI is InChI=1S/C24H30N4O4/c1-23(2,3)16-7-9-17(10-8-16)24(22(31)27-13-14-32-24)19(29)21(30)28-18-11-5-15(6-12-18)20(25)26-4/h5-12,19,29H,13-14H2,1-4H3,(H2,25,26)(H,27,31)(H,28,30)/t19-,24+/m0/s1. The number of ether oxygens (including phenoxy) is 1. The summed E-state index contributed by atoms with van der Waals surface area (Å²) in [6.45, 7) is 6.71. The molecule has 32 heavy (non-hydrogen) atoms. The third kappa shape index (κ3) is 4.51. The molecule has 2 aromatic rings. The summed E-state index contributed by atoms with van der Waals surface area (Å²) in [4.78, 5) is 29.8. The lowest BCUT2D eigenvalue weighted by molar-refractivity contribution is -0.180. The Hall–Kier alpha value is -3.23. The predicted molar refractivity (Wildman–Crippen MR) is 124 cm³/mol. The van der Waals surface area contributed by atoms with Gasteiger partial charge in [-0.05, 0) is 40.8 Å². The predicted octanol–water partition coefficient (Wildman–Crippen LogP) is 1.66. The van der Waals surface area contributed by atoms with Gasteiger partial charge in [-0.2, -0.15) is 0 Å². The Balaban J connectivity index is 1.90. The lowest BCUT2D eigenvalue weighted by Crippen LogP contribution is -2.61. The van der Waals surface area contributed by atoms with Crippen molar-refractivity contribution < 1.29 is 19.4 Å². The number of hydrogen-bond acceptors (Lipinski definition) is 5. The molecule has 170 valence electrons. The second-order valence-electron chi connectivity index (χ2n) is 8.75. The Kier molecular flexibility index (Phi) is 6.66. The van der Waals surface area contributed by atoms with Crippen molar-refractivity contribution >= 4 is 23.3 Å². The minimum atomic E-state index is -1.85. The second-order valence-corrected chi connectivity index (χ2v) is 8.75. The summed E-state index contributed by atoms with van der Waals surface area (Å²) < 4.78 is 5.82. The van der Waals surface area contributed by atoms with Gasteiger partial charge in [0.25, 0.3) is 11.8 Å². The first-order valence-electron chi connectivity index (χ1n) is 10.4. The van der Waals surface area contributed by atoms with Crippen molar-refractivity contribution in [2.24, 2.45) is 10.7 Å². The maximum absolute atomic E-state index is 13.0. The summed E-state index contributed by atoms with van der Waals surface area (Å²) in [7, 11) is 1.59. The molecular weight excluding hydrogens is 408 g/mol. The second kappa shape index (κ2) is 9.10. The molecule has 0 spiro atoms. The fraction of sp³-hybridized carbons (Fsp3) is 0.375. The molecule has 0 radical (unpaired) electrons. The highest BCUT2D eigenvalue weighted by atomic mass is 16.5. The molecule has 1 fully saturated rings. The number of aliphatic hydroxyl groups excluding tert-OH is 1. The summed E-state index contributed by atoms with van der Waals surface area (Å²) >= 11 is 0. The Morgan fingerprint density at radius 1 is 1.19 bits per heavy atom. The monoisotopic (exact) mass is 438 g/mol. The van der Waals surface area contributed by atoms with E-state index in [1.165, 1.54) is 0 Å². The summed E-state index contributed by atoms with van der Waals surface area (Å²) in [5.74, 6) is -0.947. The smallest absolute Gasteiger partial charge is 0.260 e. The van der Waals surface area contributed by atoms with Crippen LogP contribution >= 0.6 is 0 Å². The molecule has 0 aliphatic carbocycles. The molecule has 1 aliphatic rings. The number of aliphatic hydroxyl groups is 1. The highest BCUT2D eigenvalue weighted by molar-refractivity contribution is 6.02. The van der Waals surface area contributed by atoms with Gasteiger partial charge in [-0.25, -0.2) is 0 Å². The number of benzene rings is 2. The molecule has 1 saturated heterocycles. The third-order valence-corrected chi connectivity index (χ3v) is 5.56. The molecule has 0 aromatic heterocycles. The average Bonchev–Trinajstić information content (AvgIpc) is 2.78. The zero-order chi connectivity index (χ0) is 23.5. The molecule has 1 heterocycles. The molecule has 8 heteroatoms. The molecule has 2 aromatic carbocycles.